The van der Waals surface area contributed by atoms with Gasteiger partial charge in [0.15, 0.2) is 12.4 Å². The zero-order valence-corrected chi connectivity index (χ0v) is 23.3. The van der Waals surface area contributed by atoms with Crippen molar-refractivity contribution in [2.24, 2.45) is 5.73 Å². The Bertz CT molecular complexity index is 1470. The van der Waals surface area contributed by atoms with Gasteiger partial charge in [0.1, 0.15) is 38.9 Å². The molecule has 0 saturated carbocycles. The average molecular weight is 615 g/mol. The molecule has 0 saturated heterocycles. The first-order valence-electron chi connectivity index (χ1n) is 10.9. The Morgan fingerprint density at radius 2 is 1.66 bits per heavy atom. The van der Waals surface area contributed by atoms with Crippen molar-refractivity contribution in [2.75, 3.05) is 13.2 Å². The third-order valence-electron chi connectivity index (χ3n) is 5.43. The predicted octanol–water partition coefficient (Wildman–Crippen LogP) is 7.55. The monoisotopic (exact) mass is 612 g/mol. The van der Waals surface area contributed by atoms with E-state index in [0.29, 0.717) is 23.7 Å². The van der Waals surface area contributed by atoms with Gasteiger partial charge in [0.2, 0.25) is 5.88 Å². The third kappa shape index (κ3) is 5.56. The van der Waals surface area contributed by atoms with Crippen LogP contribution < -0.4 is 24.7 Å². The highest BCUT2D eigenvalue weighted by Crippen LogP contribution is 2.48. The number of esters is 1. The zero-order chi connectivity index (χ0) is 27.6. The second kappa shape index (κ2) is 11.8. The number of halogens is 5. The van der Waals surface area contributed by atoms with Crippen molar-refractivity contribution in [1.29, 1.82) is 5.26 Å². The van der Waals surface area contributed by atoms with Crippen molar-refractivity contribution in [2.45, 2.75) is 12.8 Å². The molecule has 3 aromatic rings. The summed E-state index contributed by atoms with van der Waals surface area (Å²) in [5.74, 6) is -0.336. The number of nitrogens with two attached hydrogens (primary N) is 1. The third-order valence-corrected chi connectivity index (χ3v) is 7.67. The SMILES string of the molecule is CCOc1cccc(C2C(C#N)=C(N)Oc3cc(OC(=O)COc4c(Cl)c(Cl)c(Cl)c(Cl)c4Cl)ccc32)c1. The molecule has 1 atom stereocenters. The van der Waals surface area contributed by atoms with E-state index in [1.165, 1.54) is 6.07 Å². The molecule has 38 heavy (non-hydrogen) atoms. The van der Waals surface area contributed by atoms with Crippen LogP contribution in [0, 0.1) is 11.3 Å². The summed E-state index contributed by atoms with van der Waals surface area (Å²) in [5.41, 5.74) is 7.77. The van der Waals surface area contributed by atoms with Crippen LogP contribution in [0.4, 0.5) is 0 Å². The molecule has 0 amide bonds. The quantitative estimate of drug-likeness (QED) is 0.127. The number of carbonyl (C=O) groups excluding carboxylic acids is 1. The first kappa shape index (κ1) is 28.0. The van der Waals surface area contributed by atoms with E-state index < -0.39 is 18.5 Å². The molecule has 0 aliphatic carbocycles. The van der Waals surface area contributed by atoms with Gasteiger partial charge in [0, 0.05) is 11.6 Å². The predicted molar refractivity (Wildman–Crippen MR) is 146 cm³/mol. The van der Waals surface area contributed by atoms with E-state index >= 15 is 0 Å². The number of fused-ring (bicyclic) bond motifs is 1. The Balaban J connectivity index is 1.56. The van der Waals surface area contributed by atoms with Gasteiger partial charge in [-0.25, -0.2) is 4.79 Å². The maximum Gasteiger partial charge on any atom is 0.349 e. The number of benzene rings is 3. The van der Waals surface area contributed by atoms with Crippen LogP contribution >= 0.6 is 58.0 Å². The van der Waals surface area contributed by atoms with Gasteiger partial charge in [-0.05, 0) is 30.7 Å². The van der Waals surface area contributed by atoms with Crippen molar-refractivity contribution < 1.29 is 23.7 Å². The van der Waals surface area contributed by atoms with Crippen molar-refractivity contribution in [3.63, 3.8) is 0 Å². The molecule has 0 bridgehead atoms. The Labute approximate surface area is 243 Å². The van der Waals surface area contributed by atoms with E-state index in [1.807, 2.05) is 31.2 Å². The molecule has 1 aliphatic heterocycles. The van der Waals surface area contributed by atoms with Gasteiger partial charge in [-0.1, -0.05) is 76.2 Å². The van der Waals surface area contributed by atoms with Crippen LogP contribution in [0.25, 0.3) is 0 Å². The van der Waals surface area contributed by atoms with Crippen LogP contribution in [-0.2, 0) is 4.79 Å². The molecule has 12 heteroatoms. The van der Waals surface area contributed by atoms with Gasteiger partial charge < -0.3 is 24.7 Å². The number of hydrogen-bond donors (Lipinski definition) is 1. The summed E-state index contributed by atoms with van der Waals surface area (Å²) < 4.78 is 22.1. The highest BCUT2D eigenvalue weighted by atomic mass is 35.5. The first-order chi connectivity index (χ1) is 18.2. The Kier molecular flexibility index (Phi) is 8.71. The lowest BCUT2D eigenvalue weighted by Crippen LogP contribution is -2.22. The number of nitrogens with zero attached hydrogens (tertiary/aromatic N) is 1. The fraction of sp³-hybridized carbons (Fsp3) is 0.154. The van der Waals surface area contributed by atoms with Crippen molar-refractivity contribution in [1.82, 2.24) is 0 Å². The smallest absolute Gasteiger partial charge is 0.349 e. The number of rotatable bonds is 7. The summed E-state index contributed by atoms with van der Waals surface area (Å²) in [4.78, 5) is 12.5. The largest absolute Gasteiger partial charge is 0.494 e. The maximum atomic E-state index is 12.5. The first-order valence-corrected chi connectivity index (χ1v) is 12.8. The molecule has 4 rings (SSSR count). The molecule has 7 nitrogen and oxygen atoms in total. The lowest BCUT2D eigenvalue weighted by molar-refractivity contribution is -0.136. The number of ether oxygens (including phenoxy) is 4. The minimum Gasteiger partial charge on any atom is -0.494 e. The second-order valence-corrected chi connectivity index (χ2v) is 9.68. The summed E-state index contributed by atoms with van der Waals surface area (Å²) in [6.45, 7) is 1.80. The summed E-state index contributed by atoms with van der Waals surface area (Å²) in [6.07, 6.45) is 0. The molecular formula is C26H17Cl5N2O5. The Morgan fingerprint density at radius 1 is 0.974 bits per heavy atom. The number of hydrogen-bond acceptors (Lipinski definition) is 7. The molecule has 2 N–H and O–H groups in total. The highest BCUT2D eigenvalue weighted by Gasteiger charge is 2.31. The zero-order valence-electron chi connectivity index (χ0n) is 19.5. The van der Waals surface area contributed by atoms with E-state index in [1.54, 1.807) is 12.1 Å². The maximum absolute atomic E-state index is 12.5. The molecule has 196 valence electrons. The number of carbonyl (C=O) groups is 1. The van der Waals surface area contributed by atoms with E-state index in [9.17, 15) is 10.1 Å². The molecule has 1 aliphatic rings. The van der Waals surface area contributed by atoms with Crippen molar-refractivity contribution >= 4 is 64.0 Å². The average Bonchev–Trinajstić information content (AvgIpc) is 2.90. The van der Waals surface area contributed by atoms with Crippen LogP contribution in [0.3, 0.4) is 0 Å². The molecule has 1 heterocycles. The summed E-state index contributed by atoms with van der Waals surface area (Å²) >= 11 is 30.3. The molecule has 0 radical (unpaired) electrons. The van der Waals surface area contributed by atoms with Crippen LogP contribution in [-0.4, -0.2) is 19.2 Å². The number of nitriles is 1. The molecule has 0 fully saturated rings. The Morgan fingerprint density at radius 3 is 2.32 bits per heavy atom. The van der Waals surface area contributed by atoms with E-state index in [2.05, 4.69) is 6.07 Å². The fourth-order valence-corrected chi connectivity index (χ4v) is 5.03. The van der Waals surface area contributed by atoms with Crippen LogP contribution in [0.5, 0.6) is 23.0 Å². The Hall–Kier alpha value is -2.99. The molecule has 0 aromatic heterocycles. The van der Waals surface area contributed by atoms with Gasteiger partial charge in [0.25, 0.3) is 0 Å². The molecule has 1 unspecified atom stereocenters. The van der Waals surface area contributed by atoms with Gasteiger partial charge in [-0.2, -0.15) is 5.26 Å². The topological polar surface area (TPSA) is 104 Å². The van der Waals surface area contributed by atoms with Crippen LogP contribution in [0.15, 0.2) is 53.9 Å². The molecule has 0 spiro atoms. The van der Waals surface area contributed by atoms with Crippen molar-refractivity contribution in [3.05, 3.63) is 90.2 Å². The highest BCUT2D eigenvalue weighted by molar-refractivity contribution is 6.55. The van der Waals surface area contributed by atoms with E-state index in [-0.39, 0.29) is 48.1 Å². The normalized spacial score (nSPS) is 14.3. The lowest BCUT2D eigenvalue weighted by atomic mass is 9.83. The van der Waals surface area contributed by atoms with Crippen molar-refractivity contribution in [3.8, 4) is 29.1 Å². The summed E-state index contributed by atoms with van der Waals surface area (Å²) in [5, 5.41) is 9.41. The van der Waals surface area contributed by atoms with Gasteiger partial charge in [-0.15, -0.1) is 0 Å². The second-order valence-electron chi connectivity index (χ2n) is 7.79. The van der Waals surface area contributed by atoms with Gasteiger partial charge >= 0.3 is 5.97 Å². The van der Waals surface area contributed by atoms with E-state index in [4.69, 9.17) is 82.7 Å². The fourth-order valence-electron chi connectivity index (χ4n) is 3.80. The van der Waals surface area contributed by atoms with Gasteiger partial charge in [0.05, 0.1) is 27.6 Å². The standard InChI is InChI=1S/C26H17Cl5N2O5/c1-2-35-13-5-3-4-12(8-13)19-15-7-6-14(9-17(15)38-26(33)16(19)10-32)37-18(34)11-36-25-23(30)21(28)20(27)22(29)24(25)31/h3-9,19H,2,11,33H2,1H3. The molecule has 3 aromatic carbocycles. The minimum atomic E-state index is -0.780. The van der Waals surface area contributed by atoms with Crippen LogP contribution in [0.2, 0.25) is 25.1 Å². The minimum absolute atomic E-state index is 0.0388. The summed E-state index contributed by atoms with van der Waals surface area (Å²) in [6, 6.07) is 14.2. The van der Waals surface area contributed by atoms with E-state index in [0.717, 1.165) is 5.56 Å². The number of allylic oxidation sites excluding steroid dienone is 1. The van der Waals surface area contributed by atoms with Crippen LogP contribution in [0.1, 0.15) is 24.0 Å². The molecular weight excluding hydrogens is 598 g/mol. The summed E-state index contributed by atoms with van der Waals surface area (Å²) in [7, 11) is 0. The van der Waals surface area contributed by atoms with Gasteiger partial charge in [-0.3, -0.25) is 0 Å². The lowest BCUT2D eigenvalue weighted by Gasteiger charge is -2.27.